The van der Waals surface area contributed by atoms with E-state index < -0.39 is 0 Å². The van der Waals surface area contributed by atoms with Crippen LogP contribution in [0, 0.1) is 0 Å². The van der Waals surface area contributed by atoms with Gasteiger partial charge in [0, 0.05) is 33.5 Å². The molecule has 262 valence electrons. The first-order valence-corrected chi connectivity index (χ1v) is 19.3. The zero-order valence-electron chi connectivity index (χ0n) is 30.7. The Kier molecular flexibility index (Phi) is 7.53. The van der Waals surface area contributed by atoms with Gasteiger partial charge in [0.05, 0.1) is 11.0 Å². The van der Waals surface area contributed by atoms with Crippen LogP contribution >= 0.6 is 0 Å². The summed E-state index contributed by atoms with van der Waals surface area (Å²) in [6.07, 6.45) is 0. The van der Waals surface area contributed by atoms with Crippen LogP contribution < -0.4 is 4.90 Å². The van der Waals surface area contributed by atoms with Crippen LogP contribution in [-0.2, 0) is 0 Å². The monoisotopic (exact) mass is 712 g/mol. The fraction of sp³-hybridized carbons (Fsp3) is 0. The first-order valence-electron chi connectivity index (χ1n) is 19.3. The van der Waals surface area contributed by atoms with Gasteiger partial charge in [-0.05, 0) is 115 Å². The molecule has 0 amide bonds. The molecule has 0 N–H and O–H groups in total. The Bertz CT molecular complexity index is 3110. The molecule has 0 unspecified atom stereocenters. The Morgan fingerprint density at radius 2 is 0.714 bits per heavy atom. The molecule has 10 aromatic carbocycles. The van der Waals surface area contributed by atoms with Crippen molar-refractivity contribution in [2.75, 3.05) is 4.90 Å². The predicted octanol–water partition coefficient (Wildman–Crippen LogP) is 15.0. The van der Waals surface area contributed by atoms with Crippen LogP contribution in [0.3, 0.4) is 0 Å². The topological polar surface area (TPSA) is 8.17 Å². The molecular weight excluding hydrogens is 677 g/mol. The van der Waals surface area contributed by atoms with E-state index in [-0.39, 0.29) is 0 Å². The summed E-state index contributed by atoms with van der Waals surface area (Å²) in [6.45, 7) is 0. The van der Waals surface area contributed by atoms with E-state index in [0.29, 0.717) is 0 Å². The van der Waals surface area contributed by atoms with Gasteiger partial charge < -0.3 is 9.47 Å². The highest BCUT2D eigenvalue weighted by Crippen LogP contribution is 2.46. The van der Waals surface area contributed by atoms with Gasteiger partial charge in [-0.25, -0.2) is 0 Å². The van der Waals surface area contributed by atoms with Gasteiger partial charge >= 0.3 is 0 Å². The summed E-state index contributed by atoms with van der Waals surface area (Å²) >= 11 is 0. The van der Waals surface area contributed by atoms with Gasteiger partial charge in [-0.2, -0.15) is 0 Å². The lowest BCUT2D eigenvalue weighted by atomic mass is 9.85. The van der Waals surface area contributed by atoms with Crippen LogP contribution in [0.2, 0.25) is 0 Å². The maximum Gasteiger partial charge on any atom is 0.0541 e. The second-order valence-electron chi connectivity index (χ2n) is 14.5. The minimum absolute atomic E-state index is 1.10. The first-order chi connectivity index (χ1) is 27.8. The van der Waals surface area contributed by atoms with Gasteiger partial charge in [0.15, 0.2) is 0 Å². The molecule has 56 heavy (non-hydrogen) atoms. The van der Waals surface area contributed by atoms with Crippen molar-refractivity contribution in [3.8, 4) is 27.9 Å². The summed E-state index contributed by atoms with van der Waals surface area (Å²) in [6, 6.07) is 79.3. The molecule has 11 rings (SSSR count). The second kappa shape index (κ2) is 13.2. The van der Waals surface area contributed by atoms with Crippen LogP contribution in [0.1, 0.15) is 0 Å². The Morgan fingerprint density at radius 3 is 1.30 bits per heavy atom. The van der Waals surface area contributed by atoms with Crippen LogP contribution in [0.5, 0.6) is 0 Å². The average Bonchev–Trinajstić information content (AvgIpc) is 3.61. The van der Waals surface area contributed by atoms with E-state index in [0.717, 1.165) is 22.7 Å². The van der Waals surface area contributed by atoms with Crippen molar-refractivity contribution in [3.05, 3.63) is 218 Å². The normalized spacial score (nSPS) is 11.6. The van der Waals surface area contributed by atoms with Crippen molar-refractivity contribution in [2.45, 2.75) is 0 Å². The first kappa shape index (κ1) is 32.0. The molecule has 0 spiro atoms. The molecule has 0 atom stereocenters. The Labute approximate surface area is 325 Å². The molecule has 0 aliphatic heterocycles. The molecular formula is C54H36N2. The third-order valence-corrected chi connectivity index (χ3v) is 11.4. The number of nitrogens with zero attached hydrogens (tertiary/aromatic N) is 2. The molecule has 2 heteroatoms. The van der Waals surface area contributed by atoms with Gasteiger partial charge in [0.2, 0.25) is 0 Å². The number of para-hydroxylation sites is 3. The minimum Gasteiger partial charge on any atom is -0.311 e. The van der Waals surface area contributed by atoms with E-state index in [1.807, 2.05) is 0 Å². The van der Waals surface area contributed by atoms with Crippen molar-refractivity contribution in [2.24, 2.45) is 0 Å². The lowest BCUT2D eigenvalue weighted by molar-refractivity contribution is 1.17. The number of anilines is 3. The van der Waals surface area contributed by atoms with E-state index >= 15 is 0 Å². The SMILES string of the molecule is c1ccc(N(c2ccc(-c3c4ccccc4c(-c4cccc5ccccc45)c4ccccc34)cc2)c2ccc(-n3c4ccccc4c4ccccc43)cc2)cc1. The largest absolute Gasteiger partial charge is 0.311 e. The number of benzene rings is 10. The highest BCUT2D eigenvalue weighted by atomic mass is 15.1. The predicted molar refractivity (Wildman–Crippen MR) is 239 cm³/mol. The number of aromatic nitrogens is 1. The van der Waals surface area contributed by atoms with Gasteiger partial charge in [0.1, 0.15) is 0 Å². The lowest BCUT2D eigenvalue weighted by Gasteiger charge is -2.26. The second-order valence-corrected chi connectivity index (χ2v) is 14.5. The van der Waals surface area contributed by atoms with E-state index in [9.17, 15) is 0 Å². The van der Waals surface area contributed by atoms with Crippen molar-refractivity contribution < 1.29 is 0 Å². The van der Waals surface area contributed by atoms with E-state index in [1.54, 1.807) is 0 Å². The van der Waals surface area contributed by atoms with Gasteiger partial charge in [-0.15, -0.1) is 0 Å². The zero-order chi connectivity index (χ0) is 37.0. The average molecular weight is 713 g/mol. The summed E-state index contributed by atoms with van der Waals surface area (Å²) < 4.78 is 2.37. The molecule has 11 aromatic rings. The van der Waals surface area contributed by atoms with Crippen LogP contribution in [0.4, 0.5) is 17.1 Å². The number of hydrogen-bond donors (Lipinski definition) is 0. The maximum absolute atomic E-state index is 2.37. The number of hydrogen-bond acceptors (Lipinski definition) is 1. The Balaban J connectivity index is 1.04. The molecule has 0 fully saturated rings. The highest BCUT2D eigenvalue weighted by Gasteiger charge is 2.19. The third-order valence-electron chi connectivity index (χ3n) is 11.4. The molecule has 0 aliphatic rings. The quantitative estimate of drug-likeness (QED) is 0.156. The molecule has 0 aliphatic carbocycles. The smallest absolute Gasteiger partial charge is 0.0541 e. The fourth-order valence-corrected chi connectivity index (χ4v) is 8.93. The van der Waals surface area contributed by atoms with Gasteiger partial charge in [-0.3, -0.25) is 0 Å². The van der Waals surface area contributed by atoms with E-state index in [4.69, 9.17) is 0 Å². The molecule has 1 heterocycles. The van der Waals surface area contributed by atoms with Crippen molar-refractivity contribution in [1.29, 1.82) is 0 Å². The van der Waals surface area contributed by atoms with Gasteiger partial charge in [0.25, 0.3) is 0 Å². The Hall–Kier alpha value is -7.42. The summed E-state index contributed by atoms with van der Waals surface area (Å²) in [4.78, 5) is 2.35. The summed E-state index contributed by atoms with van der Waals surface area (Å²) in [5, 5.41) is 10.1. The van der Waals surface area contributed by atoms with Crippen LogP contribution in [0.25, 0.3) is 82.1 Å². The van der Waals surface area contributed by atoms with Gasteiger partial charge in [-0.1, -0.05) is 158 Å². The molecule has 2 nitrogen and oxygen atoms in total. The minimum atomic E-state index is 1.10. The molecule has 0 bridgehead atoms. The van der Waals surface area contributed by atoms with Crippen molar-refractivity contribution in [1.82, 2.24) is 4.57 Å². The fourth-order valence-electron chi connectivity index (χ4n) is 8.93. The van der Waals surface area contributed by atoms with Crippen molar-refractivity contribution in [3.63, 3.8) is 0 Å². The standard InChI is InChI=1S/C54H36N2/c1-2-17-39(18-3-1)55(41-33-35-42(36-34-41)56-51-27-12-10-20-44(51)45-21-11-13-28-52(45)56)40-31-29-38(30-32-40)53-47-22-6-8-24-49(47)54(50-25-9-7-23-48(50)53)46-26-14-16-37-15-4-5-19-43(37)46/h1-36H. The van der Waals surface area contributed by atoms with E-state index in [1.165, 1.54) is 76.4 Å². The molecule has 0 saturated carbocycles. The summed E-state index contributed by atoms with van der Waals surface area (Å²) in [7, 11) is 0. The summed E-state index contributed by atoms with van der Waals surface area (Å²) in [5.74, 6) is 0. The highest BCUT2D eigenvalue weighted by molar-refractivity contribution is 6.23. The van der Waals surface area contributed by atoms with Crippen LogP contribution in [0.15, 0.2) is 218 Å². The molecule has 0 saturated heterocycles. The Morgan fingerprint density at radius 1 is 0.286 bits per heavy atom. The van der Waals surface area contributed by atoms with Crippen LogP contribution in [-0.4, -0.2) is 4.57 Å². The lowest BCUT2D eigenvalue weighted by Crippen LogP contribution is -2.10. The summed E-state index contributed by atoms with van der Waals surface area (Å²) in [5.41, 5.74) is 11.9. The molecule has 0 radical (unpaired) electrons. The number of rotatable bonds is 6. The van der Waals surface area contributed by atoms with E-state index in [2.05, 4.69) is 228 Å². The maximum atomic E-state index is 2.37. The third kappa shape index (κ3) is 5.11. The van der Waals surface area contributed by atoms with Crippen molar-refractivity contribution >= 4 is 71.2 Å². The zero-order valence-corrected chi connectivity index (χ0v) is 30.7. The number of fused-ring (bicyclic) bond motifs is 6. The molecule has 1 aromatic heterocycles.